The number of benzene rings is 2. The van der Waals surface area contributed by atoms with E-state index in [1.165, 1.54) is 14.2 Å². The molecule has 0 saturated carbocycles. The van der Waals surface area contributed by atoms with E-state index in [-0.39, 0.29) is 6.01 Å². The third kappa shape index (κ3) is 4.17. The van der Waals surface area contributed by atoms with Gasteiger partial charge in [0.2, 0.25) is 5.89 Å². The molecule has 1 heterocycles. The Morgan fingerprint density at radius 3 is 2.44 bits per heavy atom. The number of carbonyl (C=O) groups is 1. The third-order valence-electron chi connectivity index (χ3n) is 3.85. The van der Waals surface area contributed by atoms with E-state index in [9.17, 15) is 4.79 Å². The lowest BCUT2D eigenvalue weighted by Crippen LogP contribution is -2.13. The number of hydrogen-bond donors (Lipinski definition) is 1. The summed E-state index contributed by atoms with van der Waals surface area (Å²) in [5.41, 5.74) is 1.28. The third-order valence-corrected chi connectivity index (χ3v) is 3.85. The second kappa shape index (κ2) is 8.22. The van der Waals surface area contributed by atoms with E-state index < -0.39 is 5.91 Å². The molecule has 0 spiro atoms. The van der Waals surface area contributed by atoms with E-state index >= 15 is 0 Å². The molecule has 3 aromatic rings. The standard InChI is InChI=1S/C19H19N3O5/c1-24-13-9-7-12(8-10-13)11-16-21-22-19(27-16)20-18(23)14-5-4-6-15(25-2)17(14)26-3/h4-10H,11H2,1-3H3,(H,20,22,23). The molecule has 1 aromatic heterocycles. The summed E-state index contributed by atoms with van der Waals surface area (Å²) in [6, 6.07) is 12.5. The number of para-hydroxylation sites is 1. The Hall–Kier alpha value is -3.55. The Labute approximate surface area is 156 Å². The van der Waals surface area contributed by atoms with Crippen molar-refractivity contribution in [3.05, 3.63) is 59.5 Å². The number of anilines is 1. The lowest BCUT2D eigenvalue weighted by molar-refractivity contribution is 0.102. The first-order valence-electron chi connectivity index (χ1n) is 8.12. The van der Waals surface area contributed by atoms with Crippen molar-refractivity contribution < 1.29 is 23.4 Å². The van der Waals surface area contributed by atoms with Gasteiger partial charge in [-0.25, -0.2) is 0 Å². The van der Waals surface area contributed by atoms with E-state index in [2.05, 4.69) is 15.5 Å². The van der Waals surface area contributed by atoms with Crippen molar-refractivity contribution in [3.63, 3.8) is 0 Å². The number of amides is 1. The zero-order valence-corrected chi connectivity index (χ0v) is 15.2. The molecule has 0 atom stereocenters. The summed E-state index contributed by atoms with van der Waals surface area (Å²) in [4.78, 5) is 12.5. The maximum atomic E-state index is 12.5. The normalized spacial score (nSPS) is 10.3. The van der Waals surface area contributed by atoms with Gasteiger partial charge in [-0.05, 0) is 29.8 Å². The molecule has 0 aliphatic carbocycles. The number of carbonyl (C=O) groups excluding carboxylic acids is 1. The summed E-state index contributed by atoms with van der Waals surface area (Å²) in [5.74, 6) is 1.49. The lowest BCUT2D eigenvalue weighted by Gasteiger charge is -2.11. The van der Waals surface area contributed by atoms with Gasteiger partial charge in [-0.2, -0.15) is 0 Å². The molecule has 8 nitrogen and oxygen atoms in total. The van der Waals surface area contributed by atoms with Crippen LogP contribution in [-0.2, 0) is 6.42 Å². The largest absolute Gasteiger partial charge is 0.497 e. The average molecular weight is 369 g/mol. The van der Waals surface area contributed by atoms with Gasteiger partial charge in [0.05, 0.1) is 33.3 Å². The SMILES string of the molecule is COc1ccc(Cc2nnc(NC(=O)c3cccc(OC)c3OC)o2)cc1. The second-order valence-electron chi connectivity index (χ2n) is 5.52. The molecular weight excluding hydrogens is 350 g/mol. The molecule has 2 aromatic carbocycles. The van der Waals surface area contributed by atoms with E-state index in [1.807, 2.05) is 24.3 Å². The highest BCUT2D eigenvalue weighted by atomic mass is 16.5. The molecule has 0 aliphatic rings. The molecule has 1 amide bonds. The summed E-state index contributed by atoms with van der Waals surface area (Å²) >= 11 is 0. The van der Waals surface area contributed by atoms with Gasteiger partial charge < -0.3 is 18.6 Å². The minimum Gasteiger partial charge on any atom is -0.497 e. The maximum absolute atomic E-state index is 12.5. The van der Waals surface area contributed by atoms with Crippen molar-refractivity contribution in [1.82, 2.24) is 10.2 Å². The lowest BCUT2D eigenvalue weighted by atomic mass is 10.1. The Bertz CT molecular complexity index is 921. The van der Waals surface area contributed by atoms with Crippen LogP contribution in [0.5, 0.6) is 17.2 Å². The Morgan fingerprint density at radius 1 is 1.00 bits per heavy atom. The highest BCUT2D eigenvalue weighted by Crippen LogP contribution is 2.31. The highest BCUT2D eigenvalue weighted by Gasteiger charge is 2.18. The van der Waals surface area contributed by atoms with Gasteiger partial charge in [0, 0.05) is 0 Å². The van der Waals surface area contributed by atoms with Crippen LogP contribution in [0.15, 0.2) is 46.9 Å². The fourth-order valence-electron chi connectivity index (χ4n) is 2.52. The highest BCUT2D eigenvalue weighted by molar-refractivity contribution is 6.05. The summed E-state index contributed by atoms with van der Waals surface area (Å²) in [6.45, 7) is 0. The van der Waals surface area contributed by atoms with Crippen LogP contribution in [-0.4, -0.2) is 37.4 Å². The molecule has 1 N–H and O–H groups in total. The predicted molar refractivity (Wildman–Crippen MR) is 97.6 cm³/mol. The fourth-order valence-corrected chi connectivity index (χ4v) is 2.52. The predicted octanol–water partition coefficient (Wildman–Crippen LogP) is 2.94. The first-order chi connectivity index (χ1) is 13.1. The van der Waals surface area contributed by atoms with E-state index in [4.69, 9.17) is 18.6 Å². The minimum atomic E-state index is -0.439. The number of hydrogen-bond acceptors (Lipinski definition) is 7. The van der Waals surface area contributed by atoms with Gasteiger partial charge in [0.1, 0.15) is 5.75 Å². The Balaban J connectivity index is 1.71. The zero-order valence-electron chi connectivity index (χ0n) is 15.2. The smallest absolute Gasteiger partial charge is 0.322 e. The molecule has 27 heavy (non-hydrogen) atoms. The van der Waals surface area contributed by atoms with Crippen molar-refractivity contribution in [2.45, 2.75) is 6.42 Å². The van der Waals surface area contributed by atoms with Crippen molar-refractivity contribution in [2.75, 3.05) is 26.6 Å². The van der Waals surface area contributed by atoms with Gasteiger partial charge in [-0.1, -0.05) is 23.3 Å². The number of ether oxygens (including phenoxy) is 3. The van der Waals surface area contributed by atoms with Crippen molar-refractivity contribution in [1.29, 1.82) is 0 Å². The second-order valence-corrected chi connectivity index (χ2v) is 5.52. The average Bonchev–Trinajstić information content (AvgIpc) is 3.14. The molecule has 0 aliphatic heterocycles. The molecule has 140 valence electrons. The van der Waals surface area contributed by atoms with Crippen LogP contribution in [0.3, 0.4) is 0 Å². The first-order valence-corrected chi connectivity index (χ1v) is 8.12. The van der Waals surface area contributed by atoms with Crippen LogP contribution in [0.2, 0.25) is 0 Å². The number of methoxy groups -OCH3 is 3. The van der Waals surface area contributed by atoms with Gasteiger partial charge in [0.25, 0.3) is 5.91 Å². The molecule has 0 saturated heterocycles. The summed E-state index contributed by atoms with van der Waals surface area (Å²) in [7, 11) is 4.58. The van der Waals surface area contributed by atoms with E-state index in [1.54, 1.807) is 25.3 Å². The topological polar surface area (TPSA) is 95.7 Å². The molecule has 0 unspecified atom stereocenters. The van der Waals surface area contributed by atoms with Crippen molar-refractivity contribution in [2.24, 2.45) is 0 Å². The number of nitrogens with zero attached hydrogens (tertiary/aromatic N) is 2. The number of nitrogens with one attached hydrogen (secondary N) is 1. The van der Waals surface area contributed by atoms with Crippen molar-refractivity contribution >= 4 is 11.9 Å². The van der Waals surface area contributed by atoms with Gasteiger partial charge in [0.15, 0.2) is 11.5 Å². The van der Waals surface area contributed by atoms with Crippen LogP contribution >= 0.6 is 0 Å². The van der Waals surface area contributed by atoms with Crippen molar-refractivity contribution in [3.8, 4) is 17.2 Å². The summed E-state index contributed by atoms with van der Waals surface area (Å²) < 4.78 is 21.1. The van der Waals surface area contributed by atoms with Gasteiger partial charge >= 0.3 is 6.01 Å². The fraction of sp³-hybridized carbons (Fsp3) is 0.211. The van der Waals surface area contributed by atoms with Crippen LogP contribution in [0, 0.1) is 0 Å². The molecular formula is C19H19N3O5. The van der Waals surface area contributed by atoms with Crippen LogP contribution in [0.25, 0.3) is 0 Å². The van der Waals surface area contributed by atoms with Crippen LogP contribution in [0.1, 0.15) is 21.8 Å². The van der Waals surface area contributed by atoms with Gasteiger partial charge in [-0.3, -0.25) is 10.1 Å². The molecule has 8 heteroatoms. The van der Waals surface area contributed by atoms with E-state index in [0.29, 0.717) is 29.4 Å². The Morgan fingerprint density at radius 2 is 1.78 bits per heavy atom. The minimum absolute atomic E-state index is 0.00776. The number of rotatable bonds is 7. The van der Waals surface area contributed by atoms with E-state index in [0.717, 1.165) is 11.3 Å². The van der Waals surface area contributed by atoms with Crippen LogP contribution in [0.4, 0.5) is 6.01 Å². The molecule has 0 radical (unpaired) electrons. The van der Waals surface area contributed by atoms with Gasteiger partial charge in [-0.15, -0.1) is 5.10 Å². The quantitative estimate of drug-likeness (QED) is 0.684. The number of aromatic nitrogens is 2. The summed E-state index contributed by atoms with van der Waals surface area (Å²) in [6.07, 6.45) is 0.440. The zero-order chi connectivity index (χ0) is 19.2. The van der Waals surface area contributed by atoms with Crippen LogP contribution < -0.4 is 19.5 Å². The Kier molecular flexibility index (Phi) is 5.55. The molecule has 0 fully saturated rings. The first kappa shape index (κ1) is 18.2. The molecule has 0 bridgehead atoms. The monoisotopic (exact) mass is 369 g/mol. The summed E-state index contributed by atoms with van der Waals surface area (Å²) in [5, 5.41) is 10.4. The molecule has 3 rings (SSSR count). The maximum Gasteiger partial charge on any atom is 0.322 e.